The van der Waals surface area contributed by atoms with Gasteiger partial charge in [-0.05, 0) is 64.4 Å². The smallest absolute Gasteiger partial charge is 0.415 e. The Morgan fingerprint density at radius 2 is 2.15 bits per heavy atom. The zero-order valence-corrected chi connectivity index (χ0v) is 19.9. The summed E-state index contributed by atoms with van der Waals surface area (Å²) < 4.78 is 7.97. The Labute approximate surface area is 195 Å². The number of fused-ring (bicyclic) bond motifs is 1. The second kappa shape index (κ2) is 7.47. The van der Waals surface area contributed by atoms with E-state index in [2.05, 4.69) is 48.8 Å². The first kappa shape index (κ1) is 21.7. The molecule has 0 N–H and O–H groups in total. The SMILES string of the molecule is CC1(CN2C=NC3CC=C(C#N)C=C32)CCCC2(CN(c3cnn(C(C)(C)C)c3)C(=O)O2)C1. The molecular formula is C25H32N6O2. The molecule has 33 heavy (non-hydrogen) atoms. The quantitative estimate of drug-likeness (QED) is 0.686. The summed E-state index contributed by atoms with van der Waals surface area (Å²) in [7, 11) is 0. The van der Waals surface area contributed by atoms with Crippen LogP contribution in [0.2, 0.25) is 0 Å². The van der Waals surface area contributed by atoms with Gasteiger partial charge in [0.2, 0.25) is 0 Å². The Bertz CT molecular complexity index is 1100. The molecule has 8 heteroatoms. The molecule has 1 amide bonds. The van der Waals surface area contributed by atoms with Crippen LogP contribution in [0.1, 0.15) is 59.8 Å². The molecule has 0 aromatic carbocycles. The van der Waals surface area contributed by atoms with Gasteiger partial charge in [-0.3, -0.25) is 14.6 Å². The highest BCUT2D eigenvalue weighted by molar-refractivity contribution is 5.90. The number of nitriles is 1. The number of rotatable bonds is 3. The molecule has 3 atom stereocenters. The van der Waals surface area contributed by atoms with Crippen LogP contribution in [0, 0.1) is 16.7 Å². The van der Waals surface area contributed by atoms with Gasteiger partial charge < -0.3 is 9.64 Å². The van der Waals surface area contributed by atoms with Crippen LogP contribution < -0.4 is 4.90 Å². The van der Waals surface area contributed by atoms with Crippen molar-refractivity contribution in [2.75, 3.05) is 18.0 Å². The third-order valence-corrected chi connectivity index (χ3v) is 7.30. The van der Waals surface area contributed by atoms with Gasteiger partial charge in [0, 0.05) is 24.0 Å². The summed E-state index contributed by atoms with van der Waals surface area (Å²) >= 11 is 0. The Morgan fingerprint density at radius 1 is 1.33 bits per heavy atom. The van der Waals surface area contributed by atoms with Crippen LogP contribution in [0.25, 0.3) is 0 Å². The summed E-state index contributed by atoms with van der Waals surface area (Å²) in [6, 6.07) is 2.37. The molecule has 2 aliphatic carbocycles. The van der Waals surface area contributed by atoms with Crippen molar-refractivity contribution in [2.24, 2.45) is 10.4 Å². The average Bonchev–Trinajstić information content (AvgIpc) is 3.45. The minimum Gasteiger partial charge on any atom is -0.441 e. The lowest BCUT2D eigenvalue weighted by Crippen LogP contribution is -2.47. The Hall–Kier alpha value is -3.08. The maximum atomic E-state index is 12.9. The topological polar surface area (TPSA) is 86.8 Å². The number of amides is 1. The summed E-state index contributed by atoms with van der Waals surface area (Å²) in [6.45, 7) is 9.90. The van der Waals surface area contributed by atoms with Crippen molar-refractivity contribution in [3.63, 3.8) is 0 Å². The van der Waals surface area contributed by atoms with E-state index in [1.54, 1.807) is 11.1 Å². The number of aromatic nitrogens is 2. The molecule has 1 spiro atoms. The van der Waals surface area contributed by atoms with Gasteiger partial charge in [-0.25, -0.2) is 4.79 Å². The summed E-state index contributed by atoms with van der Waals surface area (Å²) in [4.78, 5) is 21.5. The van der Waals surface area contributed by atoms with Gasteiger partial charge in [-0.2, -0.15) is 10.4 Å². The van der Waals surface area contributed by atoms with E-state index in [-0.39, 0.29) is 23.1 Å². The van der Waals surface area contributed by atoms with E-state index in [0.29, 0.717) is 12.1 Å². The molecule has 4 aliphatic rings. The van der Waals surface area contributed by atoms with Crippen molar-refractivity contribution in [3.05, 3.63) is 35.8 Å². The van der Waals surface area contributed by atoms with Crippen LogP contribution >= 0.6 is 0 Å². The van der Waals surface area contributed by atoms with E-state index in [0.717, 1.165) is 50.0 Å². The zero-order valence-electron chi connectivity index (χ0n) is 19.9. The van der Waals surface area contributed by atoms with Gasteiger partial charge in [0.25, 0.3) is 0 Å². The van der Waals surface area contributed by atoms with Crippen molar-refractivity contribution in [3.8, 4) is 6.07 Å². The molecule has 2 aliphatic heterocycles. The van der Waals surface area contributed by atoms with Gasteiger partial charge in [-0.15, -0.1) is 0 Å². The van der Waals surface area contributed by atoms with Crippen molar-refractivity contribution < 1.29 is 9.53 Å². The molecule has 8 nitrogen and oxygen atoms in total. The van der Waals surface area contributed by atoms with Crippen molar-refractivity contribution in [1.29, 1.82) is 5.26 Å². The molecule has 3 heterocycles. The number of aliphatic imine (C=N–C) groups is 1. The number of hydrogen-bond donors (Lipinski definition) is 0. The lowest BCUT2D eigenvalue weighted by atomic mass is 9.68. The molecule has 1 saturated carbocycles. The fraction of sp³-hybridized carbons (Fsp3) is 0.600. The second-order valence-electron chi connectivity index (χ2n) is 11.3. The average molecular weight is 449 g/mol. The summed E-state index contributed by atoms with van der Waals surface area (Å²) in [5.41, 5.74) is 1.94. The highest BCUT2D eigenvalue weighted by Gasteiger charge is 2.52. The van der Waals surface area contributed by atoms with E-state index >= 15 is 0 Å². The first-order chi connectivity index (χ1) is 15.6. The summed E-state index contributed by atoms with van der Waals surface area (Å²) in [5.74, 6) is 0. The lowest BCUT2D eigenvalue weighted by molar-refractivity contribution is -0.0250. The fourth-order valence-corrected chi connectivity index (χ4v) is 5.72. The molecule has 0 radical (unpaired) electrons. The first-order valence-corrected chi connectivity index (χ1v) is 11.8. The normalized spacial score (nSPS) is 31.4. The molecule has 1 aromatic rings. The Kier molecular flexibility index (Phi) is 4.93. The van der Waals surface area contributed by atoms with Gasteiger partial charge >= 0.3 is 6.09 Å². The van der Waals surface area contributed by atoms with Gasteiger partial charge in [0.15, 0.2) is 0 Å². The Morgan fingerprint density at radius 3 is 2.88 bits per heavy atom. The third-order valence-electron chi connectivity index (χ3n) is 7.30. The second-order valence-corrected chi connectivity index (χ2v) is 11.3. The zero-order chi connectivity index (χ0) is 23.4. The van der Waals surface area contributed by atoms with Crippen LogP contribution in [0.3, 0.4) is 0 Å². The number of allylic oxidation sites excluding steroid dienone is 2. The van der Waals surface area contributed by atoms with Crippen LogP contribution in [0.4, 0.5) is 10.5 Å². The number of ether oxygens (including phenoxy) is 1. The minimum atomic E-state index is -0.483. The largest absolute Gasteiger partial charge is 0.441 e. The molecule has 2 fully saturated rings. The predicted octanol–water partition coefficient (Wildman–Crippen LogP) is 4.36. The monoisotopic (exact) mass is 448 g/mol. The number of carbonyl (C=O) groups is 1. The third kappa shape index (κ3) is 3.94. The van der Waals surface area contributed by atoms with E-state index in [1.165, 1.54) is 0 Å². The van der Waals surface area contributed by atoms with Crippen LogP contribution in [0.5, 0.6) is 0 Å². The summed E-state index contributed by atoms with van der Waals surface area (Å²) in [6.07, 6.45) is 13.8. The van der Waals surface area contributed by atoms with E-state index in [4.69, 9.17) is 4.74 Å². The van der Waals surface area contributed by atoms with Crippen LogP contribution in [-0.2, 0) is 10.3 Å². The van der Waals surface area contributed by atoms with Crippen LogP contribution in [0.15, 0.2) is 40.8 Å². The van der Waals surface area contributed by atoms with Crippen molar-refractivity contribution >= 4 is 18.1 Å². The fourth-order valence-electron chi connectivity index (χ4n) is 5.72. The molecule has 1 aromatic heterocycles. The molecule has 3 unspecified atom stereocenters. The summed E-state index contributed by atoms with van der Waals surface area (Å²) in [5, 5.41) is 13.8. The maximum Gasteiger partial charge on any atom is 0.415 e. The molecule has 5 rings (SSSR count). The predicted molar refractivity (Wildman–Crippen MR) is 126 cm³/mol. The highest BCUT2D eigenvalue weighted by Crippen LogP contribution is 2.48. The van der Waals surface area contributed by atoms with E-state index in [9.17, 15) is 10.1 Å². The number of anilines is 1. The maximum absolute atomic E-state index is 12.9. The number of hydrogen-bond acceptors (Lipinski definition) is 6. The minimum absolute atomic E-state index is 0.0279. The van der Waals surface area contributed by atoms with Gasteiger partial charge in [0.1, 0.15) is 5.60 Å². The Balaban J connectivity index is 1.32. The van der Waals surface area contributed by atoms with Gasteiger partial charge in [0.05, 0.1) is 42.4 Å². The molecular weight excluding hydrogens is 416 g/mol. The number of nitrogens with zero attached hydrogens (tertiary/aromatic N) is 6. The van der Waals surface area contributed by atoms with Crippen molar-refractivity contribution in [2.45, 2.75) is 77.0 Å². The van der Waals surface area contributed by atoms with E-state index < -0.39 is 5.60 Å². The van der Waals surface area contributed by atoms with Gasteiger partial charge in [-0.1, -0.05) is 13.0 Å². The molecule has 1 saturated heterocycles. The van der Waals surface area contributed by atoms with Crippen molar-refractivity contribution in [1.82, 2.24) is 14.7 Å². The highest BCUT2D eigenvalue weighted by atomic mass is 16.6. The standard InChI is InChI=1S/C25H32N6O2/c1-23(2,3)31-13-19(12-28-31)30-16-25(33-22(30)32)9-5-8-24(4,14-25)15-29-17-27-20-7-6-18(11-26)10-21(20)29/h6,10,12-13,17,20H,5,7-9,14-16H2,1-4H3. The lowest BCUT2D eigenvalue weighted by Gasteiger charge is -2.44. The van der Waals surface area contributed by atoms with E-state index in [1.807, 2.05) is 29.4 Å². The first-order valence-electron chi connectivity index (χ1n) is 11.8. The number of carbonyl (C=O) groups excluding carboxylic acids is 1. The molecule has 0 bridgehead atoms. The van der Waals surface area contributed by atoms with Crippen LogP contribution in [-0.4, -0.2) is 51.8 Å². The molecule has 174 valence electrons.